The Bertz CT molecular complexity index is 2430. The van der Waals surface area contributed by atoms with E-state index < -0.39 is 180 Å². The van der Waals surface area contributed by atoms with Gasteiger partial charge in [-0.15, -0.1) is 0 Å². The van der Waals surface area contributed by atoms with Crippen LogP contribution in [0.1, 0.15) is 181 Å². The van der Waals surface area contributed by atoms with Gasteiger partial charge in [0.05, 0.1) is 19.3 Å². The van der Waals surface area contributed by atoms with E-state index in [4.69, 9.17) is 14.2 Å². The predicted molar refractivity (Wildman–Crippen MR) is 303 cm³/mol. The Morgan fingerprint density at radius 2 is 0.940 bits per heavy atom. The topological polar surface area (TPSA) is 300 Å². The molecule has 0 spiro atoms. The lowest BCUT2D eigenvalue weighted by atomic mass is 9.85. The van der Waals surface area contributed by atoms with E-state index in [2.05, 4.69) is 37.2 Å². The van der Waals surface area contributed by atoms with Gasteiger partial charge in [-0.1, -0.05) is 86.6 Å². The van der Waals surface area contributed by atoms with Gasteiger partial charge in [0.2, 0.25) is 41.2 Å². The number of carbonyl (C=O) groups excluding carboxylic acids is 11. The highest BCUT2D eigenvalue weighted by molar-refractivity contribution is 6.38. The van der Waals surface area contributed by atoms with Crippen LogP contribution in [0.5, 0.6) is 0 Å². The van der Waals surface area contributed by atoms with Crippen molar-refractivity contribution in [2.24, 2.45) is 23.2 Å². The third kappa shape index (κ3) is 30.0. The molecule has 0 aliphatic heterocycles. The van der Waals surface area contributed by atoms with Gasteiger partial charge in [0.15, 0.2) is 0 Å². The summed E-state index contributed by atoms with van der Waals surface area (Å²) in [5, 5.41) is 17.3. The Morgan fingerprint density at radius 1 is 0.494 bits per heavy atom. The molecular formula is C59H94F3N7O14. The Kier molecular flexibility index (Phi) is 28.6. The van der Waals surface area contributed by atoms with Crippen molar-refractivity contribution in [3.8, 4) is 0 Å². The van der Waals surface area contributed by atoms with E-state index in [1.807, 2.05) is 0 Å². The average Bonchev–Trinajstić information content (AvgIpc) is 3.42. The number of nitrogens with one attached hydrogen (secondary N) is 7. The number of ether oxygens (including phenoxy) is 3. The van der Waals surface area contributed by atoms with Crippen molar-refractivity contribution in [2.45, 2.75) is 248 Å². The third-order valence-corrected chi connectivity index (χ3v) is 12.2. The fourth-order valence-electron chi connectivity index (χ4n) is 8.44. The van der Waals surface area contributed by atoms with Gasteiger partial charge in [0, 0.05) is 25.3 Å². The molecule has 24 heteroatoms. The van der Waals surface area contributed by atoms with Crippen LogP contribution in [0.3, 0.4) is 0 Å². The van der Waals surface area contributed by atoms with E-state index in [9.17, 15) is 65.9 Å². The number of amides is 7. The lowest BCUT2D eigenvalue weighted by Gasteiger charge is -2.34. The molecule has 0 aliphatic carbocycles. The number of benzene rings is 1. The summed E-state index contributed by atoms with van der Waals surface area (Å²) in [4.78, 5) is 151. The molecule has 0 saturated heterocycles. The fraction of sp³-hybridized carbons (Fsp3) is 0.712. The van der Waals surface area contributed by atoms with E-state index in [0.29, 0.717) is 11.1 Å². The molecule has 470 valence electrons. The van der Waals surface area contributed by atoms with Crippen molar-refractivity contribution in [1.82, 2.24) is 37.2 Å². The molecule has 0 fully saturated rings. The number of esters is 3. The first-order valence-corrected chi connectivity index (χ1v) is 28.1. The molecular weight excluding hydrogens is 1090 g/mol. The SMILES string of the molecule is Cc1ccccc1C[C@H](NC(=O)[C@H](CCC(=O)OC(C)(C)C)NC(=O)[C@H](CC(=O)OC(C)(C)C)NC(=O)CCC(=O)OC(C)(C)C)C(=O)N[C@H](C(=O)N[C@@H](CC(C)C)C(=O)NC(CC(F)(F)F)C(=O)C(=O)NC(C(C)C)C(C)C)C(C)(C)C. The molecule has 6 atom stereocenters. The van der Waals surface area contributed by atoms with Crippen molar-refractivity contribution in [2.75, 3.05) is 0 Å². The zero-order chi connectivity index (χ0) is 64.3. The third-order valence-electron chi connectivity index (χ3n) is 12.2. The molecule has 0 bridgehead atoms. The smallest absolute Gasteiger partial charge is 0.391 e. The summed E-state index contributed by atoms with van der Waals surface area (Å²) in [5.74, 6) is -12.3. The maximum Gasteiger partial charge on any atom is 0.391 e. The molecule has 0 heterocycles. The number of hydrogen-bond acceptors (Lipinski definition) is 14. The summed E-state index contributed by atoms with van der Waals surface area (Å²) in [7, 11) is 0. The van der Waals surface area contributed by atoms with E-state index in [0.717, 1.165) is 0 Å². The Labute approximate surface area is 487 Å². The first-order valence-electron chi connectivity index (χ1n) is 28.1. The maximum absolute atomic E-state index is 14.8. The van der Waals surface area contributed by atoms with Gasteiger partial charge >= 0.3 is 24.1 Å². The maximum atomic E-state index is 14.8. The van der Waals surface area contributed by atoms with Gasteiger partial charge in [-0.3, -0.25) is 52.7 Å². The number of aryl methyl sites for hydroxylation is 1. The summed E-state index contributed by atoms with van der Waals surface area (Å²) in [6, 6.07) is -4.29. The molecule has 0 radical (unpaired) electrons. The fourth-order valence-corrected chi connectivity index (χ4v) is 8.44. The van der Waals surface area contributed by atoms with Crippen molar-refractivity contribution in [3.63, 3.8) is 0 Å². The molecule has 0 saturated carbocycles. The molecule has 1 rings (SSSR count). The molecule has 1 unspecified atom stereocenters. The highest BCUT2D eigenvalue weighted by Crippen LogP contribution is 2.25. The summed E-state index contributed by atoms with van der Waals surface area (Å²) in [6.07, 6.45) is -9.89. The quantitative estimate of drug-likeness (QED) is 0.0282. The van der Waals surface area contributed by atoms with Gasteiger partial charge in [-0.05, 0) is 116 Å². The number of alkyl halides is 3. The predicted octanol–water partition coefficient (Wildman–Crippen LogP) is 5.83. The van der Waals surface area contributed by atoms with E-state index in [1.54, 1.807) is 156 Å². The second kappa shape index (κ2) is 31.9. The highest BCUT2D eigenvalue weighted by Gasteiger charge is 2.42. The number of hydrogen-bond donors (Lipinski definition) is 7. The summed E-state index contributed by atoms with van der Waals surface area (Å²) in [6.45, 7) is 31.2. The lowest BCUT2D eigenvalue weighted by Crippen LogP contribution is -2.62. The van der Waals surface area contributed by atoms with Crippen molar-refractivity contribution < 1.29 is 80.1 Å². The number of ketones is 1. The van der Waals surface area contributed by atoms with Crippen molar-refractivity contribution >= 4 is 65.0 Å². The minimum atomic E-state index is -5.02. The van der Waals surface area contributed by atoms with Crippen LogP contribution in [-0.2, 0) is 73.4 Å². The zero-order valence-electron chi connectivity index (χ0n) is 52.1. The number of Topliss-reactive ketones (excluding diaryl/α,β-unsaturated/α-hetero) is 1. The standard InChI is InChI=1S/C59H94F3N7O14/c1-32(2)28-38(50(76)67-41(31-59(60,61)62)47(74)53(79)68-46(33(3)4)34(5)6)66-54(80)48(55(8,9)10)69-52(78)39(29-36-23-21-20-22-35(36)7)65-49(75)37(24-26-43(71)81-56(11,12)13)64-51(77)40(30-45(73)83-58(17,18)19)63-42(70)25-27-44(72)82-57(14,15)16/h20-23,32-34,37-41,46,48H,24-31H2,1-19H3,(H,63,70)(H,64,77)(H,65,75)(H,66,80)(H,67,76)(H,68,79)(H,69,78)/t37-,38-,39-,40-,41?,48+/m0/s1. The van der Waals surface area contributed by atoms with E-state index >= 15 is 0 Å². The monoisotopic (exact) mass is 1180 g/mol. The van der Waals surface area contributed by atoms with Crippen LogP contribution in [0.2, 0.25) is 0 Å². The molecule has 1 aromatic carbocycles. The lowest BCUT2D eigenvalue weighted by molar-refractivity contribution is -0.158. The summed E-state index contributed by atoms with van der Waals surface area (Å²) in [5.41, 5.74) is -2.85. The molecule has 0 aromatic heterocycles. The molecule has 0 aliphatic rings. The summed E-state index contributed by atoms with van der Waals surface area (Å²) >= 11 is 0. The van der Waals surface area contributed by atoms with Crippen LogP contribution in [0.25, 0.3) is 0 Å². The molecule has 7 N–H and O–H groups in total. The van der Waals surface area contributed by atoms with Crippen LogP contribution in [0, 0.1) is 30.1 Å². The Hall–Kier alpha value is -6.62. The van der Waals surface area contributed by atoms with E-state index in [1.165, 1.54) is 0 Å². The molecule has 83 heavy (non-hydrogen) atoms. The number of carbonyl (C=O) groups is 11. The zero-order valence-corrected chi connectivity index (χ0v) is 52.1. The second-order valence-electron chi connectivity index (χ2n) is 26.1. The average molecular weight is 1180 g/mol. The van der Waals surface area contributed by atoms with Crippen LogP contribution in [0.15, 0.2) is 24.3 Å². The number of rotatable bonds is 29. The molecule has 21 nitrogen and oxygen atoms in total. The van der Waals surface area contributed by atoms with Gasteiger partial charge in [-0.2, -0.15) is 13.2 Å². The minimum Gasteiger partial charge on any atom is -0.460 e. The minimum absolute atomic E-state index is 0.180. The van der Waals surface area contributed by atoms with E-state index in [-0.39, 0.29) is 24.7 Å². The van der Waals surface area contributed by atoms with Crippen molar-refractivity contribution in [1.29, 1.82) is 0 Å². The second-order valence-corrected chi connectivity index (χ2v) is 26.1. The van der Waals surface area contributed by atoms with Crippen LogP contribution < -0.4 is 37.2 Å². The number of halogens is 3. The largest absolute Gasteiger partial charge is 0.460 e. The van der Waals surface area contributed by atoms with Crippen LogP contribution in [0.4, 0.5) is 13.2 Å². The highest BCUT2D eigenvalue weighted by atomic mass is 19.4. The van der Waals surface area contributed by atoms with Gasteiger partial charge in [0.1, 0.15) is 53.1 Å². The van der Waals surface area contributed by atoms with Crippen LogP contribution >= 0.6 is 0 Å². The first kappa shape index (κ1) is 74.4. The van der Waals surface area contributed by atoms with Gasteiger partial charge in [-0.25, -0.2) is 0 Å². The van der Waals surface area contributed by atoms with Crippen LogP contribution in [-0.4, -0.2) is 130 Å². The van der Waals surface area contributed by atoms with Gasteiger partial charge in [0.25, 0.3) is 5.91 Å². The van der Waals surface area contributed by atoms with Gasteiger partial charge < -0.3 is 51.4 Å². The summed E-state index contributed by atoms with van der Waals surface area (Å²) < 4.78 is 58.2. The Balaban J connectivity index is 3.86. The molecule has 1 aromatic rings. The first-order chi connectivity index (χ1) is 37.7. The van der Waals surface area contributed by atoms with Crippen molar-refractivity contribution in [3.05, 3.63) is 35.4 Å². The normalized spacial score (nSPS) is 14.5. The Morgan fingerprint density at radius 3 is 1.42 bits per heavy atom. The molecule has 7 amide bonds.